The maximum Gasteiger partial charge on any atom is 0.409 e. The first kappa shape index (κ1) is 18.6. The second kappa shape index (κ2) is 7.99. The minimum absolute atomic E-state index is 0.0615. The van der Waals surface area contributed by atoms with Gasteiger partial charge in [0.15, 0.2) is 5.82 Å². The predicted octanol–water partition coefficient (Wildman–Crippen LogP) is 3.72. The van der Waals surface area contributed by atoms with Crippen LogP contribution in [0.15, 0.2) is 48.3 Å². The van der Waals surface area contributed by atoms with Crippen LogP contribution in [0.4, 0.5) is 14.9 Å². The average molecular weight is 369 g/mol. The first-order valence-corrected chi connectivity index (χ1v) is 8.52. The van der Waals surface area contributed by atoms with Gasteiger partial charge < -0.3 is 15.0 Å². The number of methoxy groups -OCH3 is 1. The largest absolute Gasteiger partial charge is 0.453 e. The van der Waals surface area contributed by atoms with Crippen molar-refractivity contribution in [1.29, 1.82) is 0 Å². The highest BCUT2D eigenvalue weighted by Crippen LogP contribution is 2.27. The van der Waals surface area contributed by atoms with Crippen LogP contribution >= 0.6 is 0 Å². The Hall–Kier alpha value is -3.22. The number of amides is 2. The van der Waals surface area contributed by atoms with E-state index in [1.807, 2.05) is 19.1 Å². The van der Waals surface area contributed by atoms with Gasteiger partial charge in [0.05, 0.1) is 18.9 Å². The van der Waals surface area contributed by atoms with Crippen LogP contribution in [0.1, 0.15) is 29.3 Å². The Morgan fingerprint density at radius 3 is 2.63 bits per heavy atom. The van der Waals surface area contributed by atoms with Crippen LogP contribution in [-0.2, 0) is 4.74 Å². The third-order valence-electron chi connectivity index (χ3n) is 4.56. The number of anilines is 1. The Labute approximate surface area is 156 Å². The maximum atomic E-state index is 13.7. The molecule has 6 nitrogen and oxygen atoms in total. The molecule has 0 aliphatic carbocycles. The molecule has 1 aliphatic rings. The zero-order chi connectivity index (χ0) is 19.4. The summed E-state index contributed by atoms with van der Waals surface area (Å²) in [6.07, 6.45) is 2.81. The van der Waals surface area contributed by atoms with Gasteiger partial charge in [0.1, 0.15) is 0 Å². The second-order valence-electron chi connectivity index (χ2n) is 6.29. The summed E-state index contributed by atoms with van der Waals surface area (Å²) in [5, 5.41) is 2.67. The van der Waals surface area contributed by atoms with Crippen LogP contribution in [-0.4, -0.2) is 42.1 Å². The molecule has 2 aromatic rings. The minimum Gasteiger partial charge on any atom is -0.453 e. The highest BCUT2D eigenvalue weighted by molar-refractivity contribution is 6.04. The Kier molecular flexibility index (Phi) is 5.49. The molecular formula is C20H20FN3O3. The molecule has 0 saturated carbocycles. The Morgan fingerprint density at radius 2 is 1.96 bits per heavy atom. The van der Waals surface area contributed by atoms with Crippen molar-refractivity contribution < 1.29 is 18.7 Å². The third kappa shape index (κ3) is 4.13. The summed E-state index contributed by atoms with van der Waals surface area (Å²) in [5.74, 6) is -1.20. The lowest BCUT2D eigenvalue weighted by Crippen LogP contribution is -2.36. The van der Waals surface area contributed by atoms with Gasteiger partial charge in [-0.15, -0.1) is 0 Å². The number of carbonyl (C=O) groups is 2. The number of halogens is 1. The molecule has 0 spiro atoms. The summed E-state index contributed by atoms with van der Waals surface area (Å²) in [6.45, 7) is 3.16. The summed E-state index contributed by atoms with van der Waals surface area (Å²) >= 11 is 0. The van der Waals surface area contributed by atoms with Gasteiger partial charge in [-0.25, -0.2) is 9.18 Å². The van der Waals surface area contributed by atoms with Crippen molar-refractivity contribution >= 4 is 23.3 Å². The molecule has 1 aromatic carbocycles. The zero-order valence-corrected chi connectivity index (χ0v) is 15.2. The van der Waals surface area contributed by atoms with E-state index in [0.717, 1.165) is 23.8 Å². The molecule has 7 heteroatoms. The van der Waals surface area contributed by atoms with Crippen LogP contribution in [0.5, 0.6) is 0 Å². The van der Waals surface area contributed by atoms with E-state index in [0.29, 0.717) is 18.8 Å². The number of rotatable bonds is 3. The lowest BCUT2D eigenvalue weighted by atomic mass is 9.95. The highest BCUT2D eigenvalue weighted by Gasteiger charge is 2.22. The normalized spacial score (nSPS) is 14.1. The zero-order valence-electron chi connectivity index (χ0n) is 15.2. The van der Waals surface area contributed by atoms with Gasteiger partial charge >= 0.3 is 6.09 Å². The quantitative estimate of drug-likeness (QED) is 0.895. The van der Waals surface area contributed by atoms with Crippen LogP contribution in [0.25, 0.3) is 5.57 Å². The van der Waals surface area contributed by atoms with Crippen molar-refractivity contribution in [2.75, 3.05) is 25.5 Å². The number of nitrogens with one attached hydrogen (secondary N) is 1. The van der Waals surface area contributed by atoms with Gasteiger partial charge in [-0.05, 0) is 42.7 Å². The van der Waals surface area contributed by atoms with Gasteiger partial charge in [0.25, 0.3) is 5.91 Å². The van der Waals surface area contributed by atoms with Gasteiger partial charge in [0, 0.05) is 25.0 Å². The average Bonchev–Trinajstić information content (AvgIpc) is 2.68. The van der Waals surface area contributed by atoms with Crippen LogP contribution in [0.2, 0.25) is 0 Å². The third-order valence-corrected chi connectivity index (χ3v) is 4.56. The Morgan fingerprint density at radius 1 is 1.22 bits per heavy atom. The molecule has 3 rings (SSSR count). The smallest absolute Gasteiger partial charge is 0.409 e. The van der Waals surface area contributed by atoms with Gasteiger partial charge in [-0.2, -0.15) is 0 Å². The number of aromatic nitrogens is 1. The second-order valence-corrected chi connectivity index (χ2v) is 6.29. The lowest BCUT2D eigenvalue weighted by Gasteiger charge is -2.29. The first-order chi connectivity index (χ1) is 13.0. The molecule has 1 N–H and O–H groups in total. The molecule has 2 heterocycles. The fourth-order valence-corrected chi connectivity index (χ4v) is 2.99. The van der Waals surface area contributed by atoms with Crippen molar-refractivity contribution in [1.82, 2.24) is 9.88 Å². The highest BCUT2D eigenvalue weighted by atomic mass is 19.1. The van der Waals surface area contributed by atoms with E-state index >= 15 is 0 Å². The SMILES string of the molecule is COC(=O)N1CCC(C)=C(c2ccc(NC(=O)c3ccncc3F)cc2)C1. The van der Waals surface area contributed by atoms with Gasteiger partial charge in [-0.1, -0.05) is 17.7 Å². The summed E-state index contributed by atoms with van der Waals surface area (Å²) in [4.78, 5) is 29.3. The van der Waals surface area contributed by atoms with E-state index in [2.05, 4.69) is 10.3 Å². The van der Waals surface area contributed by atoms with Gasteiger partial charge in [-0.3, -0.25) is 9.78 Å². The number of carbonyl (C=O) groups excluding carboxylic acids is 2. The number of hydrogen-bond acceptors (Lipinski definition) is 4. The lowest BCUT2D eigenvalue weighted by molar-refractivity contribution is 0.102. The number of benzene rings is 1. The summed E-state index contributed by atoms with van der Waals surface area (Å²) < 4.78 is 18.5. The van der Waals surface area contributed by atoms with Crippen LogP contribution in [0.3, 0.4) is 0 Å². The molecule has 0 atom stereocenters. The molecule has 0 unspecified atom stereocenters. The number of pyridine rings is 1. The molecule has 1 aliphatic heterocycles. The van der Waals surface area contributed by atoms with Gasteiger partial charge in [0.2, 0.25) is 0 Å². The van der Waals surface area contributed by atoms with E-state index in [9.17, 15) is 14.0 Å². The predicted molar refractivity (Wildman–Crippen MR) is 99.8 cm³/mol. The Balaban J connectivity index is 1.74. The number of nitrogens with zero attached hydrogens (tertiary/aromatic N) is 2. The Bertz CT molecular complexity index is 894. The molecule has 0 radical (unpaired) electrons. The number of ether oxygens (including phenoxy) is 1. The molecule has 0 fully saturated rings. The first-order valence-electron chi connectivity index (χ1n) is 8.52. The van der Waals surface area contributed by atoms with Crippen LogP contribution in [0, 0.1) is 5.82 Å². The molecular weight excluding hydrogens is 349 g/mol. The van der Waals surface area contributed by atoms with Crippen molar-refractivity contribution in [2.45, 2.75) is 13.3 Å². The minimum atomic E-state index is -0.669. The van der Waals surface area contributed by atoms with Crippen LogP contribution < -0.4 is 5.32 Å². The summed E-state index contributed by atoms with van der Waals surface area (Å²) in [6, 6.07) is 8.58. The standard InChI is InChI=1S/C20H20FN3O3/c1-13-8-10-24(20(26)27-2)12-17(13)14-3-5-15(6-4-14)23-19(25)16-7-9-22-11-18(16)21/h3-7,9,11H,8,10,12H2,1-2H3,(H,23,25). The molecule has 27 heavy (non-hydrogen) atoms. The summed E-state index contributed by atoms with van der Waals surface area (Å²) in [5.41, 5.74) is 3.73. The molecule has 1 aromatic heterocycles. The number of hydrogen-bond donors (Lipinski definition) is 1. The molecule has 2 amide bonds. The van der Waals surface area contributed by atoms with E-state index in [-0.39, 0.29) is 11.7 Å². The molecule has 0 saturated heterocycles. The fraction of sp³-hybridized carbons (Fsp3) is 0.250. The fourth-order valence-electron chi connectivity index (χ4n) is 2.99. The van der Waals surface area contributed by atoms with E-state index in [4.69, 9.17) is 4.74 Å². The maximum absolute atomic E-state index is 13.7. The van der Waals surface area contributed by atoms with Crippen molar-refractivity contribution in [3.05, 3.63) is 65.2 Å². The van der Waals surface area contributed by atoms with Crippen molar-refractivity contribution in [3.8, 4) is 0 Å². The monoisotopic (exact) mass is 369 g/mol. The topological polar surface area (TPSA) is 71.5 Å². The van der Waals surface area contributed by atoms with E-state index in [1.165, 1.54) is 24.9 Å². The van der Waals surface area contributed by atoms with Crippen molar-refractivity contribution in [2.24, 2.45) is 0 Å². The molecule has 0 bridgehead atoms. The molecule has 140 valence electrons. The van der Waals surface area contributed by atoms with E-state index in [1.54, 1.807) is 17.0 Å². The summed E-state index contributed by atoms with van der Waals surface area (Å²) in [7, 11) is 1.37. The van der Waals surface area contributed by atoms with E-state index < -0.39 is 11.7 Å². The van der Waals surface area contributed by atoms with Crippen molar-refractivity contribution in [3.63, 3.8) is 0 Å².